The third-order valence-corrected chi connectivity index (χ3v) is 6.57. The molecule has 0 aliphatic carbocycles. The minimum Gasteiger partial charge on any atom is -0.493 e. The molecule has 8 nitrogen and oxygen atoms in total. The Morgan fingerprint density at radius 3 is 2.06 bits per heavy atom. The summed E-state index contributed by atoms with van der Waals surface area (Å²) in [5, 5.41) is 1.91. The van der Waals surface area contributed by atoms with Gasteiger partial charge in [0.05, 0.1) is 43.8 Å². The average molecular weight is 495 g/mol. The molecule has 0 saturated carbocycles. The third-order valence-electron chi connectivity index (χ3n) is 6.25. The molecule has 2 aliphatic rings. The van der Waals surface area contributed by atoms with E-state index in [1.807, 2.05) is 30.3 Å². The van der Waals surface area contributed by atoms with Crippen molar-refractivity contribution in [3.63, 3.8) is 0 Å². The van der Waals surface area contributed by atoms with Gasteiger partial charge in [-0.1, -0.05) is 41.9 Å². The maximum atomic E-state index is 13.8. The molecular weight excluding hydrogens is 472 g/mol. The molecule has 0 N–H and O–H groups in total. The number of ether oxygens (including phenoxy) is 3. The molecule has 0 spiro atoms. The van der Waals surface area contributed by atoms with Crippen LogP contribution in [0.2, 0.25) is 5.02 Å². The van der Waals surface area contributed by atoms with Gasteiger partial charge in [0.15, 0.2) is 17.6 Å². The van der Waals surface area contributed by atoms with Crippen LogP contribution in [0.25, 0.3) is 0 Å². The summed E-state index contributed by atoms with van der Waals surface area (Å²) >= 11 is 6.34. The summed E-state index contributed by atoms with van der Waals surface area (Å²) in [6.45, 7) is 0. The van der Waals surface area contributed by atoms with Gasteiger partial charge in [0.25, 0.3) is 5.91 Å². The van der Waals surface area contributed by atoms with Crippen molar-refractivity contribution in [2.24, 2.45) is 5.92 Å². The molecule has 5 rings (SSSR count). The quantitative estimate of drug-likeness (QED) is 0.469. The van der Waals surface area contributed by atoms with Crippen LogP contribution in [0.1, 0.15) is 11.6 Å². The second kappa shape index (κ2) is 9.13. The molecular formula is C26H23ClN2O6. The van der Waals surface area contributed by atoms with E-state index in [0.29, 0.717) is 39.2 Å². The highest BCUT2D eigenvalue weighted by molar-refractivity contribution is 6.36. The minimum atomic E-state index is -1.02. The molecule has 3 aromatic rings. The van der Waals surface area contributed by atoms with Crippen LogP contribution in [0.15, 0.2) is 66.7 Å². The molecule has 0 bridgehead atoms. The van der Waals surface area contributed by atoms with E-state index in [4.69, 9.17) is 30.6 Å². The normalized spacial score (nSPS) is 21.3. The minimum absolute atomic E-state index is 0.304. The van der Waals surface area contributed by atoms with Gasteiger partial charge >= 0.3 is 0 Å². The van der Waals surface area contributed by atoms with Crippen LogP contribution in [0.4, 0.5) is 11.4 Å². The second-order valence-corrected chi connectivity index (χ2v) is 8.49. The highest BCUT2D eigenvalue weighted by Crippen LogP contribution is 2.50. The molecule has 2 amide bonds. The van der Waals surface area contributed by atoms with Gasteiger partial charge in [-0.05, 0) is 42.0 Å². The van der Waals surface area contributed by atoms with Gasteiger partial charge in [-0.25, -0.2) is 9.96 Å². The molecule has 2 aliphatic heterocycles. The number of amides is 2. The van der Waals surface area contributed by atoms with Crippen LogP contribution in [0, 0.1) is 5.92 Å². The van der Waals surface area contributed by atoms with Gasteiger partial charge < -0.3 is 14.2 Å². The summed E-state index contributed by atoms with van der Waals surface area (Å²) < 4.78 is 16.5. The first-order valence-corrected chi connectivity index (χ1v) is 11.3. The molecule has 0 unspecified atom stereocenters. The lowest BCUT2D eigenvalue weighted by Crippen LogP contribution is -2.37. The number of fused-ring (bicyclic) bond motifs is 1. The summed E-state index contributed by atoms with van der Waals surface area (Å²) in [7, 11) is 4.56. The zero-order chi connectivity index (χ0) is 24.7. The predicted octanol–water partition coefficient (Wildman–Crippen LogP) is 4.42. The zero-order valence-electron chi connectivity index (χ0n) is 19.3. The number of halogens is 1. The standard InChI is InChI=1S/C26H23ClN2O6/c1-32-19-13-15(14-20(33-2)23(19)34-3)22-21-24(35-29(22)16-9-5-4-6-10-16)26(31)28(25(21)30)18-12-8-7-11-17(18)27/h4-14,21-22,24H,1-3H3/t21-,22-,24+/m0/s1. The number of hydroxylamine groups is 1. The van der Waals surface area contributed by atoms with Crippen LogP contribution in [0.3, 0.4) is 0 Å². The third kappa shape index (κ3) is 3.66. The maximum absolute atomic E-state index is 13.8. The Bertz CT molecular complexity index is 1260. The van der Waals surface area contributed by atoms with Gasteiger partial charge in [-0.2, -0.15) is 0 Å². The molecule has 2 fully saturated rings. The first-order chi connectivity index (χ1) is 17.0. The lowest BCUT2D eigenvalue weighted by atomic mass is 9.90. The van der Waals surface area contributed by atoms with E-state index in [1.54, 1.807) is 41.5 Å². The Kier molecular flexibility index (Phi) is 6.00. The van der Waals surface area contributed by atoms with Gasteiger partial charge in [0, 0.05) is 0 Å². The van der Waals surface area contributed by atoms with Crippen molar-refractivity contribution in [2.45, 2.75) is 12.1 Å². The van der Waals surface area contributed by atoms with Crippen LogP contribution >= 0.6 is 11.6 Å². The van der Waals surface area contributed by atoms with Gasteiger partial charge in [0.2, 0.25) is 11.7 Å². The van der Waals surface area contributed by atoms with Crippen LogP contribution < -0.4 is 24.2 Å². The Hall–Kier alpha value is -3.75. The highest BCUT2D eigenvalue weighted by atomic mass is 35.5. The number of nitrogens with zero attached hydrogens (tertiary/aromatic N) is 2. The highest BCUT2D eigenvalue weighted by Gasteiger charge is 2.60. The number of hydrogen-bond acceptors (Lipinski definition) is 7. The van der Waals surface area contributed by atoms with E-state index >= 15 is 0 Å². The number of carbonyl (C=O) groups excluding carboxylic acids is 2. The number of benzene rings is 3. The van der Waals surface area contributed by atoms with Crippen LogP contribution in [0.5, 0.6) is 17.2 Å². The molecule has 9 heteroatoms. The van der Waals surface area contributed by atoms with Crippen molar-refractivity contribution in [3.05, 3.63) is 77.3 Å². The van der Waals surface area contributed by atoms with E-state index in [1.165, 1.54) is 21.3 Å². The predicted molar refractivity (Wildman–Crippen MR) is 130 cm³/mol. The fourth-order valence-electron chi connectivity index (χ4n) is 4.69. The fraction of sp³-hybridized carbons (Fsp3) is 0.231. The van der Waals surface area contributed by atoms with Crippen molar-refractivity contribution in [1.82, 2.24) is 0 Å². The monoisotopic (exact) mass is 494 g/mol. The van der Waals surface area contributed by atoms with Crippen molar-refractivity contribution < 1.29 is 28.6 Å². The first kappa shape index (κ1) is 23.0. The summed E-state index contributed by atoms with van der Waals surface area (Å²) in [6, 6.07) is 18.9. The smallest absolute Gasteiger partial charge is 0.266 e. The molecule has 180 valence electrons. The van der Waals surface area contributed by atoms with Crippen molar-refractivity contribution in [2.75, 3.05) is 31.3 Å². The van der Waals surface area contributed by atoms with Crippen molar-refractivity contribution >= 4 is 34.8 Å². The Morgan fingerprint density at radius 1 is 0.829 bits per heavy atom. The molecule has 0 aromatic heterocycles. The summed E-state index contributed by atoms with van der Waals surface area (Å²) in [6.07, 6.45) is -1.02. The molecule has 2 heterocycles. The number of rotatable bonds is 6. The van der Waals surface area contributed by atoms with E-state index in [2.05, 4.69) is 0 Å². The molecule has 3 aromatic carbocycles. The number of methoxy groups -OCH3 is 3. The summed E-state index contributed by atoms with van der Waals surface area (Å²) in [4.78, 5) is 34.6. The number of imide groups is 1. The average Bonchev–Trinajstić information content (AvgIpc) is 3.40. The van der Waals surface area contributed by atoms with E-state index in [0.717, 1.165) is 4.90 Å². The van der Waals surface area contributed by atoms with E-state index in [9.17, 15) is 9.59 Å². The molecule has 2 saturated heterocycles. The second-order valence-electron chi connectivity index (χ2n) is 8.08. The number of carbonyl (C=O) groups is 2. The SMILES string of the molecule is COc1cc([C@H]2[C@@H]3C(=O)N(c4ccccc4Cl)C(=O)[C@@H]3ON2c2ccccc2)cc(OC)c1OC. The number of para-hydroxylation sites is 2. The van der Waals surface area contributed by atoms with Crippen molar-refractivity contribution in [3.8, 4) is 17.2 Å². The topological polar surface area (TPSA) is 77.5 Å². The van der Waals surface area contributed by atoms with Crippen molar-refractivity contribution in [1.29, 1.82) is 0 Å². The Morgan fingerprint density at radius 2 is 1.46 bits per heavy atom. The van der Waals surface area contributed by atoms with Gasteiger partial charge in [-0.15, -0.1) is 0 Å². The van der Waals surface area contributed by atoms with Gasteiger partial charge in [-0.3, -0.25) is 14.4 Å². The van der Waals surface area contributed by atoms with Crippen LogP contribution in [-0.2, 0) is 14.4 Å². The summed E-state index contributed by atoms with van der Waals surface area (Å²) in [5.74, 6) is -0.417. The lowest BCUT2D eigenvalue weighted by molar-refractivity contribution is -0.126. The van der Waals surface area contributed by atoms with Crippen LogP contribution in [-0.4, -0.2) is 39.2 Å². The Labute approximate surface area is 207 Å². The lowest BCUT2D eigenvalue weighted by Gasteiger charge is -2.29. The fourth-order valence-corrected chi connectivity index (χ4v) is 4.92. The van der Waals surface area contributed by atoms with E-state index < -0.39 is 29.9 Å². The first-order valence-electron chi connectivity index (χ1n) is 10.9. The number of anilines is 2. The Balaban J connectivity index is 1.65. The number of hydrogen-bond donors (Lipinski definition) is 0. The molecule has 0 radical (unpaired) electrons. The molecule has 3 atom stereocenters. The van der Waals surface area contributed by atoms with Gasteiger partial charge in [0.1, 0.15) is 5.92 Å². The van der Waals surface area contributed by atoms with E-state index in [-0.39, 0.29) is 0 Å². The zero-order valence-corrected chi connectivity index (χ0v) is 20.1. The molecule has 35 heavy (non-hydrogen) atoms. The largest absolute Gasteiger partial charge is 0.493 e. The maximum Gasteiger partial charge on any atom is 0.266 e. The summed E-state index contributed by atoms with van der Waals surface area (Å²) in [5.41, 5.74) is 1.70.